The maximum atomic E-state index is 6.22. The van der Waals surface area contributed by atoms with E-state index in [4.69, 9.17) is 28.2 Å². The molecule has 0 saturated carbocycles. The molecule has 1 aromatic heterocycles. The van der Waals surface area contributed by atoms with Gasteiger partial charge in [0.15, 0.2) is 5.82 Å². The Balaban J connectivity index is 1.66. The monoisotopic (exact) mass is 487 g/mol. The summed E-state index contributed by atoms with van der Waals surface area (Å²) in [4.78, 5) is 4.81. The molecule has 0 unspecified atom stereocenters. The zero-order chi connectivity index (χ0) is 22.7. The third-order valence-electron chi connectivity index (χ3n) is 5.44. The topological polar surface area (TPSA) is 41.6 Å². The minimum atomic E-state index is -0.541. The first kappa shape index (κ1) is 21.8. The van der Waals surface area contributed by atoms with Crippen LogP contribution < -0.4 is 0 Å². The highest BCUT2D eigenvalue weighted by atomic mass is 35.5. The van der Waals surface area contributed by atoms with Crippen molar-refractivity contribution < 1.29 is 0 Å². The van der Waals surface area contributed by atoms with Crippen LogP contribution in [0.2, 0.25) is 10.0 Å². The zero-order valence-corrected chi connectivity index (χ0v) is 19.8. The van der Waals surface area contributed by atoms with Crippen LogP contribution in [0, 0.1) is 0 Å². The highest BCUT2D eigenvalue weighted by Crippen LogP contribution is 2.50. The van der Waals surface area contributed by atoms with Crippen molar-refractivity contribution in [3.8, 4) is 11.4 Å². The van der Waals surface area contributed by atoms with E-state index < -0.39 is 4.75 Å². The second kappa shape index (κ2) is 9.44. The van der Waals surface area contributed by atoms with Crippen molar-refractivity contribution in [1.82, 2.24) is 15.2 Å². The molecule has 3 nitrogen and oxygen atoms in total. The quantitative estimate of drug-likeness (QED) is 0.195. The Bertz CT molecular complexity index is 1260. The van der Waals surface area contributed by atoms with Gasteiger partial charge in [-0.3, -0.25) is 5.10 Å². The lowest BCUT2D eigenvalue weighted by Crippen LogP contribution is -2.25. The van der Waals surface area contributed by atoms with Gasteiger partial charge in [-0.2, -0.15) is 0 Å². The molecule has 6 heteroatoms. The van der Waals surface area contributed by atoms with Crippen LogP contribution >= 0.6 is 35.0 Å². The van der Waals surface area contributed by atoms with Crippen molar-refractivity contribution in [3.05, 3.63) is 136 Å². The van der Waals surface area contributed by atoms with Gasteiger partial charge in [-0.15, -0.1) is 5.10 Å². The third-order valence-corrected chi connectivity index (χ3v) is 7.56. The summed E-state index contributed by atoms with van der Waals surface area (Å²) in [5, 5.41) is 9.23. The van der Waals surface area contributed by atoms with Gasteiger partial charge in [0, 0.05) is 5.56 Å². The average Bonchev–Trinajstić information content (AvgIpc) is 3.34. The summed E-state index contributed by atoms with van der Waals surface area (Å²) < 4.78 is -0.541. The number of thioether (sulfide) groups is 1. The molecule has 4 aromatic carbocycles. The Morgan fingerprint density at radius 1 is 0.636 bits per heavy atom. The van der Waals surface area contributed by atoms with Crippen LogP contribution in [0.5, 0.6) is 0 Å². The largest absolute Gasteiger partial charge is 0.258 e. The summed E-state index contributed by atoms with van der Waals surface area (Å²) in [5.41, 5.74) is 4.27. The lowest BCUT2D eigenvalue weighted by molar-refractivity contribution is 0.873. The molecular formula is C27H19Cl2N3S. The average molecular weight is 488 g/mol. The van der Waals surface area contributed by atoms with Gasteiger partial charge in [0.2, 0.25) is 5.16 Å². The van der Waals surface area contributed by atoms with Crippen molar-refractivity contribution in [2.24, 2.45) is 0 Å². The van der Waals surface area contributed by atoms with E-state index >= 15 is 0 Å². The molecule has 1 N–H and O–H groups in total. The van der Waals surface area contributed by atoms with Gasteiger partial charge < -0.3 is 0 Å². The van der Waals surface area contributed by atoms with Gasteiger partial charge in [-0.25, -0.2) is 4.98 Å². The van der Waals surface area contributed by atoms with Gasteiger partial charge in [-0.05, 0) is 34.9 Å². The Hall–Kier alpha value is -3.05. The molecule has 162 valence electrons. The summed E-state index contributed by atoms with van der Waals surface area (Å²) in [6.07, 6.45) is 0. The Kier molecular flexibility index (Phi) is 6.23. The van der Waals surface area contributed by atoms with E-state index in [0.29, 0.717) is 21.0 Å². The molecular weight excluding hydrogens is 469 g/mol. The highest BCUT2D eigenvalue weighted by Gasteiger charge is 2.39. The van der Waals surface area contributed by atoms with Crippen LogP contribution in [0.1, 0.15) is 16.7 Å². The second-order valence-electron chi connectivity index (χ2n) is 7.48. The van der Waals surface area contributed by atoms with Crippen LogP contribution in [0.25, 0.3) is 11.4 Å². The number of rotatable bonds is 6. The van der Waals surface area contributed by atoms with E-state index in [2.05, 4.69) is 83.0 Å². The van der Waals surface area contributed by atoms with E-state index in [1.54, 1.807) is 23.9 Å². The van der Waals surface area contributed by atoms with Crippen molar-refractivity contribution in [2.75, 3.05) is 0 Å². The van der Waals surface area contributed by atoms with Crippen LogP contribution in [0.15, 0.2) is 114 Å². The van der Waals surface area contributed by atoms with E-state index in [1.165, 1.54) is 0 Å². The minimum absolute atomic E-state index is 0.479. The smallest absolute Gasteiger partial charge is 0.210 e. The normalized spacial score (nSPS) is 11.5. The summed E-state index contributed by atoms with van der Waals surface area (Å²) in [5.74, 6) is 0.638. The number of nitrogens with zero attached hydrogens (tertiary/aromatic N) is 2. The number of hydrogen-bond acceptors (Lipinski definition) is 3. The molecule has 0 aliphatic carbocycles. The van der Waals surface area contributed by atoms with Gasteiger partial charge in [-0.1, -0.05) is 126 Å². The third kappa shape index (κ3) is 4.30. The SMILES string of the molecule is Clc1ccc(-c2nc(SC(c3ccccc3)(c3ccccc3)c3ccccc3)n[nH]2)cc1Cl. The van der Waals surface area contributed by atoms with Crippen LogP contribution in [-0.2, 0) is 4.75 Å². The molecule has 0 radical (unpaired) electrons. The molecule has 0 spiro atoms. The van der Waals surface area contributed by atoms with Gasteiger partial charge in [0.25, 0.3) is 0 Å². The van der Waals surface area contributed by atoms with Gasteiger partial charge in [0.05, 0.1) is 14.8 Å². The first-order chi connectivity index (χ1) is 16.2. The molecule has 33 heavy (non-hydrogen) atoms. The van der Waals surface area contributed by atoms with Gasteiger partial charge in [0.1, 0.15) is 0 Å². The number of benzene rings is 4. The fourth-order valence-electron chi connectivity index (χ4n) is 3.90. The van der Waals surface area contributed by atoms with E-state index in [9.17, 15) is 0 Å². The van der Waals surface area contributed by atoms with Crippen LogP contribution in [0.3, 0.4) is 0 Å². The van der Waals surface area contributed by atoms with Crippen LogP contribution in [-0.4, -0.2) is 15.2 Å². The number of nitrogens with one attached hydrogen (secondary N) is 1. The molecule has 0 aliphatic heterocycles. The molecule has 0 saturated heterocycles. The lowest BCUT2D eigenvalue weighted by Gasteiger charge is -2.34. The van der Waals surface area contributed by atoms with Crippen molar-refractivity contribution >= 4 is 35.0 Å². The molecule has 5 aromatic rings. The summed E-state index contributed by atoms with van der Waals surface area (Å²) >= 11 is 13.9. The Labute approximate surface area is 206 Å². The molecule has 5 rings (SSSR count). The molecule has 0 atom stereocenters. The fourth-order valence-corrected chi connectivity index (χ4v) is 5.46. The lowest BCUT2D eigenvalue weighted by atomic mass is 9.84. The number of aromatic nitrogens is 3. The van der Waals surface area contributed by atoms with E-state index in [-0.39, 0.29) is 0 Å². The maximum Gasteiger partial charge on any atom is 0.210 e. The number of halogens is 2. The summed E-state index contributed by atoms with van der Waals surface area (Å²) in [6.45, 7) is 0. The van der Waals surface area contributed by atoms with Gasteiger partial charge >= 0.3 is 0 Å². The molecule has 0 amide bonds. The van der Waals surface area contributed by atoms with Crippen molar-refractivity contribution in [2.45, 2.75) is 9.90 Å². The summed E-state index contributed by atoms with van der Waals surface area (Å²) in [7, 11) is 0. The Morgan fingerprint density at radius 2 is 1.15 bits per heavy atom. The number of hydrogen-bond donors (Lipinski definition) is 1. The highest BCUT2D eigenvalue weighted by molar-refractivity contribution is 8.00. The standard InChI is InChI=1S/C27H19Cl2N3S/c28-23-17-16-19(18-24(23)29)25-30-26(32-31-25)33-27(20-10-4-1-5-11-20,21-12-6-2-7-13-21)22-14-8-3-9-15-22/h1-18H,(H,30,31,32). The molecule has 0 fully saturated rings. The maximum absolute atomic E-state index is 6.22. The van der Waals surface area contributed by atoms with Crippen molar-refractivity contribution in [1.29, 1.82) is 0 Å². The molecule has 0 aliphatic rings. The predicted octanol–water partition coefficient (Wildman–Crippen LogP) is 7.86. The van der Waals surface area contributed by atoms with E-state index in [0.717, 1.165) is 22.3 Å². The zero-order valence-electron chi connectivity index (χ0n) is 17.5. The predicted molar refractivity (Wildman–Crippen MR) is 137 cm³/mol. The first-order valence-electron chi connectivity index (χ1n) is 10.4. The Morgan fingerprint density at radius 3 is 1.64 bits per heavy atom. The summed E-state index contributed by atoms with van der Waals surface area (Å²) in [6, 6.07) is 36.8. The fraction of sp³-hybridized carbons (Fsp3) is 0.0370. The number of aromatic amines is 1. The van der Waals surface area contributed by atoms with Crippen molar-refractivity contribution in [3.63, 3.8) is 0 Å². The minimum Gasteiger partial charge on any atom is -0.258 e. The second-order valence-corrected chi connectivity index (χ2v) is 9.47. The first-order valence-corrected chi connectivity index (χ1v) is 12.0. The number of H-pyrrole nitrogens is 1. The van der Waals surface area contributed by atoms with E-state index in [1.807, 2.05) is 24.3 Å². The van der Waals surface area contributed by atoms with Crippen LogP contribution in [0.4, 0.5) is 0 Å². The molecule has 1 heterocycles. The molecule has 0 bridgehead atoms.